The van der Waals surface area contributed by atoms with Crippen molar-refractivity contribution in [1.82, 2.24) is 5.32 Å². The molecule has 21 heavy (non-hydrogen) atoms. The molecule has 0 bridgehead atoms. The summed E-state index contributed by atoms with van der Waals surface area (Å²) in [6.07, 6.45) is 0. The van der Waals surface area contributed by atoms with E-state index in [0.717, 1.165) is 23.8 Å². The van der Waals surface area contributed by atoms with Crippen molar-refractivity contribution in [3.8, 4) is 11.5 Å². The summed E-state index contributed by atoms with van der Waals surface area (Å²) in [5, 5.41) is 3.83. The number of hydrogen-bond acceptors (Lipinski definition) is 2. The summed E-state index contributed by atoms with van der Waals surface area (Å²) in [5.41, 5.74) is 0.820. The fraction of sp³-hybridized carbons (Fsp3) is 0.250. The van der Waals surface area contributed by atoms with E-state index in [2.05, 4.69) is 5.32 Å². The third-order valence-corrected chi connectivity index (χ3v) is 3.02. The van der Waals surface area contributed by atoms with Gasteiger partial charge in [-0.15, -0.1) is 0 Å². The highest BCUT2D eigenvalue weighted by Gasteiger charge is 2.09. The van der Waals surface area contributed by atoms with E-state index in [1.54, 1.807) is 18.2 Å². The van der Waals surface area contributed by atoms with Crippen LogP contribution in [0.3, 0.4) is 0 Å². The second-order valence-electron chi connectivity index (χ2n) is 4.99. The van der Waals surface area contributed by atoms with Crippen LogP contribution < -0.4 is 10.1 Å². The summed E-state index contributed by atoms with van der Waals surface area (Å²) in [6, 6.07) is 8.49. The summed E-state index contributed by atoms with van der Waals surface area (Å²) in [6.45, 7) is 4.59. The van der Waals surface area contributed by atoms with E-state index in [0.29, 0.717) is 23.4 Å². The number of halogens is 3. The molecule has 0 unspecified atom stereocenters. The number of rotatable bonds is 5. The molecule has 0 fully saturated rings. The first kappa shape index (κ1) is 15.7. The van der Waals surface area contributed by atoms with E-state index in [9.17, 15) is 8.78 Å². The van der Waals surface area contributed by atoms with E-state index in [1.165, 1.54) is 0 Å². The van der Waals surface area contributed by atoms with Crippen LogP contribution in [0, 0.1) is 11.6 Å². The third-order valence-electron chi connectivity index (χ3n) is 2.79. The minimum atomic E-state index is -0.680. The van der Waals surface area contributed by atoms with Gasteiger partial charge < -0.3 is 10.1 Å². The average Bonchev–Trinajstić information content (AvgIpc) is 2.37. The van der Waals surface area contributed by atoms with Gasteiger partial charge in [-0.25, -0.2) is 8.78 Å². The Morgan fingerprint density at radius 2 is 1.76 bits per heavy atom. The van der Waals surface area contributed by atoms with Crippen LogP contribution in [0.5, 0.6) is 11.5 Å². The van der Waals surface area contributed by atoms with Crippen molar-refractivity contribution in [2.45, 2.75) is 26.4 Å². The zero-order valence-corrected chi connectivity index (χ0v) is 12.5. The van der Waals surface area contributed by atoms with Gasteiger partial charge >= 0.3 is 0 Å². The second kappa shape index (κ2) is 6.87. The third kappa shape index (κ3) is 4.69. The molecule has 0 aliphatic rings. The van der Waals surface area contributed by atoms with Crippen molar-refractivity contribution in [1.29, 1.82) is 0 Å². The molecule has 1 N–H and O–H groups in total. The highest BCUT2D eigenvalue weighted by molar-refractivity contribution is 6.30. The molecule has 0 radical (unpaired) electrons. The number of nitrogens with one attached hydrogen (secondary N) is 1. The molecule has 112 valence electrons. The highest BCUT2D eigenvalue weighted by atomic mass is 35.5. The van der Waals surface area contributed by atoms with Crippen molar-refractivity contribution in [3.05, 3.63) is 58.6 Å². The molecule has 0 atom stereocenters. The molecule has 2 aromatic rings. The van der Waals surface area contributed by atoms with Gasteiger partial charge in [0.2, 0.25) is 0 Å². The second-order valence-corrected chi connectivity index (χ2v) is 5.43. The molecular formula is C16H16ClF2NO. The maximum Gasteiger partial charge on any atom is 0.133 e. The van der Waals surface area contributed by atoms with Crippen LogP contribution in [-0.4, -0.2) is 6.04 Å². The van der Waals surface area contributed by atoms with Gasteiger partial charge in [-0.1, -0.05) is 25.4 Å². The van der Waals surface area contributed by atoms with Crippen LogP contribution in [-0.2, 0) is 6.54 Å². The van der Waals surface area contributed by atoms with Crippen LogP contribution >= 0.6 is 11.6 Å². The van der Waals surface area contributed by atoms with Gasteiger partial charge in [0, 0.05) is 41.4 Å². The molecule has 0 aromatic heterocycles. The number of hydrogen-bond donors (Lipinski definition) is 1. The molecular weight excluding hydrogens is 296 g/mol. The van der Waals surface area contributed by atoms with E-state index < -0.39 is 11.6 Å². The molecule has 0 heterocycles. The van der Waals surface area contributed by atoms with Crippen molar-refractivity contribution in [2.24, 2.45) is 0 Å². The van der Waals surface area contributed by atoms with E-state index >= 15 is 0 Å². The Morgan fingerprint density at radius 1 is 1.10 bits per heavy atom. The molecule has 0 saturated heterocycles. The largest absolute Gasteiger partial charge is 0.457 e. The Morgan fingerprint density at radius 3 is 2.38 bits per heavy atom. The maximum atomic E-state index is 13.2. The van der Waals surface area contributed by atoms with Crippen LogP contribution in [0.15, 0.2) is 36.4 Å². The smallest absolute Gasteiger partial charge is 0.133 e. The number of ether oxygens (including phenoxy) is 1. The van der Waals surface area contributed by atoms with Gasteiger partial charge in [0.25, 0.3) is 0 Å². The summed E-state index contributed by atoms with van der Waals surface area (Å²) in [7, 11) is 0. The molecule has 0 amide bonds. The first-order chi connectivity index (χ1) is 9.94. The van der Waals surface area contributed by atoms with E-state index in [-0.39, 0.29) is 5.75 Å². The topological polar surface area (TPSA) is 21.3 Å². The zero-order valence-electron chi connectivity index (χ0n) is 11.8. The lowest BCUT2D eigenvalue weighted by molar-refractivity contribution is 0.458. The van der Waals surface area contributed by atoms with Gasteiger partial charge in [0.1, 0.15) is 23.1 Å². The van der Waals surface area contributed by atoms with Crippen molar-refractivity contribution in [2.75, 3.05) is 0 Å². The molecule has 2 nitrogen and oxygen atoms in total. The Labute approximate surface area is 127 Å². The minimum Gasteiger partial charge on any atom is -0.457 e. The predicted octanol–water partition coefficient (Wildman–Crippen LogP) is 4.91. The van der Waals surface area contributed by atoms with E-state index in [1.807, 2.05) is 13.8 Å². The average molecular weight is 312 g/mol. The SMILES string of the molecule is CC(C)NCc1cc(Cl)ccc1Oc1cc(F)cc(F)c1. The standard InChI is InChI=1S/C16H16ClF2NO/c1-10(2)20-9-11-5-12(17)3-4-16(11)21-15-7-13(18)6-14(19)8-15/h3-8,10,20H,9H2,1-2H3. The molecule has 0 aliphatic carbocycles. The Kier molecular flexibility index (Phi) is 5.15. The number of benzene rings is 2. The summed E-state index contributed by atoms with van der Waals surface area (Å²) >= 11 is 5.98. The molecule has 2 aromatic carbocycles. The van der Waals surface area contributed by atoms with Gasteiger partial charge in [-0.05, 0) is 18.2 Å². The fourth-order valence-corrected chi connectivity index (χ4v) is 2.01. The highest BCUT2D eigenvalue weighted by Crippen LogP contribution is 2.29. The Balaban J connectivity index is 2.25. The minimum absolute atomic E-state index is 0.112. The normalized spacial score (nSPS) is 11.0. The quantitative estimate of drug-likeness (QED) is 0.847. The Bertz CT molecular complexity index is 611. The van der Waals surface area contributed by atoms with Crippen LogP contribution in [0.2, 0.25) is 5.02 Å². The first-order valence-corrected chi connectivity index (χ1v) is 6.97. The lowest BCUT2D eigenvalue weighted by Gasteiger charge is -2.14. The van der Waals surface area contributed by atoms with E-state index in [4.69, 9.17) is 16.3 Å². The maximum absolute atomic E-state index is 13.2. The van der Waals surface area contributed by atoms with Gasteiger partial charge in [0.15, 0.2) is 0 Å². The summed E-state index contributed by atoms with van der Waals surface area (Å²) in [4.78, 5) is 0. The first-order valence-electron chi connectivity index (χ1n) is 6.60. The molecule has 2 rings (SSSR count). The monoisotopic (exact) mass is 311 g/mol. The van der Waals surface area contributed by atoms with Gasteiger partial charge in [-0.2, -0.15) is 0 Å². The van der Waals surface area contributed by atoms with Crippen LogP contribution in [0.25, 0.3) is 0 Å². The van der Waals surface area contributed by atoms with Crippen molar-refractivity contribution in [3.63, 3.8) is 0 Å². The fourth-order valence-electron chi connectivity index (χ4n) is 1.81. The van der Waals surface area contributed by atoms with Crippen LogP contribution in [0.4, 0.5) is 8.78 Å². The van der Waals surface area contributed by atoms with Crippen molar-refractivity contribution < 1.29 is 13.5 Å². The van der Waals surface area contributed by atoms with Crippen molar-refractivity contribution >= 4 is 11.6 Å². The molecule has 5 heteroatoms. The molecule has 0 saturated carbocycles. The molecule has 0 spiro atoms. The summed E-state index contributed by atoms with van der Waals surface area (Å²) < 4.78 is 32.0. The lowest BCUT2D eigenvalue weighted by atomic mass is 10.2. The van der Waals surface area contributed by atoms with Gasteiger partial charge in [0.05, 0.1) is 0 Å². The lowest BCUT2D eigenvalue weighted by Crippen LogP contribution is -2.22. The van der Waals surface area contributed by atoms with Gasteiger partial charge in [-0.3, -0.25) is 0 Å². The zero-order chi connectivity index (χ0) is 15.4. The van der Waals surface area contributed by atoms with Crippen LogP contribution in [0.1, 0.15) is 19.4 Å². The Hall–Kier alpha value is -1.65. The predicted molar refractivity (Wildman–Crippen MR) is 79.9 cm³/mol. The molecule has 0 aliphatic heterocycles. The summed E-state index contributed by atoms with van der Waals surface area (Å²) in [5.74, 6) is -0.736.